The summed E-state index contributed by atoms with van der Waals surface area (Å²) in [5.41, 5.74) is 0.483. The molecule has 0 atom stereocenters. The molecule has 6 heteroatoms. The zero-order valence-corrected chi connectivity index (χ0v) is 10.4. The maximum absolute atomic E-state index is 12.5. The number of rotatable bonds is 4. The fraction of sp³-hybridized carbons (Fsp3) is 0.214. The number of halogens is 3. The summed E-state index contributed by atoms with van der Waals surface area (Å²) in [5.74, 6) is 0.144. The Bertz CT molecular complexity index is 567. The first kappa shape index (κ1) is 14.3. The van der Waals surface area contributed by atoms with Crippen molar-refractivity contribution in [3.63, 3.8) is 0 Å². The number of pyridine rings is 1. The van der Waals surface area contributed by atoms with Gasteiger partial charge in [-0.2, -0.15) is 13.2 Å². The van der Waals surface area contributed by atoms with Gasteiger partial charge in [-0.3, -0.25) is 4.98 Å². The van der Waals surface area contributed by atoms with E-state index in [2.05, 4.69) is 4.98 Å². The summed E-state index contributed by atoms with van der Waals surface area (Å²) in [6.45, 7) is -0.0468. The molecule has 0 fully saturated rings. The van der Waals surface area contributed by atoms with E-state index in [9.17, 15) is 13.2 Å². The summed E-state index contributed by atoms with van der Waals surface area (Å²) in [6, 6.07) is 8.03. The van der Waals surface area contributed by atoms with Crippen LogP contribution in [0.4, 0.5) is 13.2 Å². The van der Waals surface area contributed by atoms with Crippen LogP contribution in [0.3, 0.4) is 0 Å². The predicted octanol–water partition coefficient (Wildman–Crippen LogP) is 3.17. The Kier molecular flexibility index (Phi) is 4.24. The highest BCUT2D eigenvalue weighted by Crippen LogP contribution is 2.31. The molecule has 1 aromatic heterocycles. The molecule has 0 spiro atoms. The molecular weight excluding hydrogens is 271 g/mol. The van der Waals surface area contributed by atoms with Gasteiger partial charge in [-0.15, -0.1) is 0 Å². The SMILES string of the molecule is OCc1ccc(COc2cccc(C(F)(F)F)c2)cn1. The summed E-state index contributed by atoms with van der Waals surface area (Å²) in [7, 11) is 0. The van der Waals surface area contributed by atoms with Gasteiger partial charge in [0, 0.05) is 11.8 Å². The molecule has 0 aliphatic carbocycles. The van der Waals surface area contributed by atoms with Crippen LogP contribution in [0.5, 0.6) is 5.75 Å². The van der Waals surface area contributed by atoms with Gasteiger partial charge < -0.3 is 9.84 Å². The van der Waals surface area contributed by atoms with Gasteiger partial charge in [0.15, 0.2) is 0 Å². The molecular formula is C14H12F3NO2. The van der Waals surface area contributed by atoms with E-state index in [-0.39, 0.29) is 19.0 Å². The Labute approximate surface area is 113 Å². The summed E-state index contributed by atoms with van der Waals surface area (Å²) in [6.07, 6.45) is -2.87. The van der Waals surface area contributed by atoms with Crippen LogP contribution in [0.2, 0.25) is 0 Å². The van der Waals surface area contributed by atoms with Crippen molar-refractivity contribution in [2.75, 3.05) is 0 Å². The van der Waals surface area contributed by atoms with Gasteiger partial charge in [-0.05, 0) is 24.3 Å². The van der Waals surface area contributed by atoms with Crippen LogP contribution in [-0.4, -0.2) is 10.1 Å². The number of aliphatic hydroxyl groups is 1. The topological polar surface area (TPSA) is 42.4 Å². The minimum Gasteiger partial charge on any atom is -0.489 e. The molecule has 2 aromatic rings. The molecule has 0 radical (unpaired) electrons. The Balaban J connectivity index is 2.03. The third-order valence-corrected chi connectivity index (χ3v) is 2.61. The molecule has 2 rings (SSSR count). The Morgan fingerprint density at radius 2 is 1.95 bits per heavy atom. The first-order valence-corrected chi connectivity index (χ1v) is 5.84. The lowest BCUT2D eigenvalue weighted by Crippen LogP contribution is -2.05. The molecule has 0 aliphatic heterocycles. The molecule has 3 nitrogen and oxygen atoms in total. The summed E-state index contributed by atoms with van der Waals surface area (Å²) < 4.78 is 42.9. The fourth-order valence-electron chi connectivity index (χ4n) is 1.56. The number of aromatic nitrogens is 1. The van der Waals surface area contributed by atoms with Crippen molar-refractivity contribution in [2.24, 2.45) is 0 Å². The van der Waals surface area contributed by atoms with E-state index in [1.807, 2.05) is 0 Å². The quantitative estimate of drug-likeness (QED) is 0.937. The average molecular weight is 283 g/mol. The average Bonchev–Trinajstić information content (AvgIpc) is 2.45. The smallest absolute Gasteiger partial charge is 0.416 e. The van der Waals surface area contributed by atoms with E-state index in [1.54, 1.807) is 12.1 Å². The molecule has 1 aromatic carbocycles. The normalized spacial score (nSPS) is 11.4. The van der Waals surface area contributed by atoms with Crippen LogP contribution in [-0.2, 0) is 19.4 Å². The molecule has 106 valence electrons. The number of hydrogen-bond donors (Lipinski definition) is 1. The van der Waals surface area contributed by atoms with Crippen molar-refractivity contribution in [3.05, 3.63) is 59.4 Å². The summed E-state index contributed by atoms with van der Waals surface area (Å²) in [5, 5.41) is 8.84. The molecule has 0 aliphatic rings. The predicted molar refractivity (Wildman–Crippen MR) is 65.9 cm³/mol. The first-order chi connectivity index (χ1) is 9.49. The first-order valence-electron chi connectivity index (χ1n) is 5.84. The van der Waals surface area contributed by atoms with Crippen LogP contribution in [0.15, 0.2) is 42.6 Å². The van der Waals surface area contributed by atoms with Crippen molar-refractivity contribution < 1.29 is 23.0 Å². The number of alkyl halides is 3. The minimum atomic E-state index is -4.39. The third kappa shape index (κ3) is 3.71. The Morgan fingerprint density at radius 3 is 2.55 bits per heavy atom. The second-order valence-corrected chi connectivity index (χ2v) is 4.13. The highest BCUT2D eigenvalue weighted by atomic mass is 19.4. The van der Waals surface area contributed by atoms with Crippen molar-refractivity contribution in [1.82, 2.24) is 4.98 Å². The Morgan fingerprint density at radius 1 is 1.15 bits per heavy atom. The highest BCUT2D eigenvalue weighted by molar-refractivity contribution is 5.30. The van der Waals surface area contributed by atoms with Gasteiger partial charge in [-0.25, -0.2) is 0 Å². The van der Waals surface area contributed by atoms with Gasteiger partial charge in [0.05, 0.1) is 17.9 Å². The van der Waals surface area contributed by atoms with E-state index >= 15 is 0 Å². The standard InChI is InChI=1S/C14H12F3NO2/c15-14(16,17)11-2-1-3-13(6-11)20-9-10-4-5-12(8-19)18-7-10/h1-7,19H,8-9H2. The molecule has 1 N–H and O–H groups in total. The zero-order valence-electron chi connectivity index (χ0n) is 10.4. The second kappa shape index (κ2) is 5.92. The second-order valence-electron chi connectivity index (χ2n) is 4.13. The molecule has 0 amide bonds. The largest absolute Gasteiger partial charge is 0.489 e. The zero-order chi connectivity index (χ0) is 14.6. The lowest BCUT2D eigenvalue weighted by atomic mass is 10.2. The number of nitrogens with zero attached hydrogens (tertiary/aromatic N) is 1. The van der Waals surface area contributed by atoms with Crippen LogP contribution >= 0.6 is 0 Å². The molecule has 0 bridgehead atoms. The van der Waals surface area contributed by atoms with Crippen molar-refractivity contribution >= 4 is 0 Å². The van der Waals surface area contributed by atoms with Gasteiger partial charge in [-0.1, -0.05) is 12.1 Å². The van der Waals surface area contributed by atoms with Gasteiger partial charge in [0.1, 0.15) is 12.4 Å². The van der Waals surface area contributed by atoms with Crippen LogP contribution in [0.1, 0.15) is 16.8 Å². The van der Waals surface area contributed by atoms with Gasteiger partial charge in [0.2, 0.25) is 0 Å². The van der Waals surface area contributed by atoms with Crippen LogP contribution < -0.4 is 4.74 Å². The molecule has 1 heterocycles. The van der Waals surface area contributed by atoms with E-state index in [4.69, 9.17) is 9.84 Å². The summed E-state index contributed by atoms with van der Waals surface area (Å²) >= 11 is 0. The van der Waals surface area contributed by atoms with Gasteiger partial charge >= 0.3 is 6.18 Å². The lowest BCUT2D eigenvalue weighted by Gasteiger charge is -2.10. The van der Waals surface area contributed by atoms with E-state index in [0.717, 1.165) is 12.1 Å². The number of benzene rings is 1. The maximum atomic E-state index is 12.5. The monoisotopic (exact) mass is 283 g/mol. The number of ether oxygens (including phenoxy) is 1. The minimum absolute atomic E-state index is 0.111. The van der Waals surface area contributed by atoms with Crippen molar-refractivity contribution in [3.8, 4) is 5.75 Å². The Hall–Kier alpha value is -2.08. The van der Waals surface area contributed by atoms with E-state index < -0.39 is 11.7 Å². The van der Waals surface area contributed by atoms with Crippen molar-refractivity contribution in [2.45, 2.75) is 19.4 Å². The maximum Gasteiger partial charge on any atom is 0.416 e. The van der Waals surface area contributed by atoms with Crippen molar-refractivity contribution in [1.29, 1.82) is 0 Å². The fourth-order valence-corrected chi connectivity index (χ4v) is 1.56. The molecule has 0 saturated heterocycles. The van der Waals surface area contributed by atoms with Crippen LogP contribution in [0, 0.1) is 0 Å². The highest BCUT2D eigenvalue weighted by Gasteiger charge is 2.30. The molecule has 20 heavy (non-hydrogen) atoms. The number of aliphatic hydroxyl groups excluding tert-OH is 1. The van der Waals surface area contributed by atoms with E-state index in [1.165, 1.54) is 18.3 Å². The number of hydrogen-bond acceptors (Lipinski definition) is 3. The lowest BCUT2D eigenvalue weighted by molar-refractivity contribution is -0.137. The van der Waals surface area contributed by atoms with Gasteiger partial charge in [0.25, 0.3) is 0 Å². The third-order valence-electron chi connectivity index (χ3n) is 2.61. The summed E-state index contributed by atoms with van der Waals surface area (Å²) in [4.78, 5) is 3.96. The molecule has 0 unspecified atom stereocenters. The van der Waals surface area contributed by atoms with E-state index in [0.29, 0.717) is 11.3 Å². The molecule has 0 saturated carbocycles. The van der Waals surface area contributed by atoms with Crippen LogP contribution in [0.25, 0.3) is 0 Å².